The summed E-state index contributed by atoms with van der Waals surface area (Å²) in [5, 5.41) is 0.915. The van der Waals surface area contributed by atoms with Crippen LogP contribution >= 0.6 is 0 Å². The van der Waals surface area contributed by atoms with E-state index < -0.39 is 5.91 Å². The highest BCUT2D eigenvalue weighted by atomic mass is 19.1. The van der Waals surface area contributed by atoms with Crippen molar-refractivity contribution in [3.05, 3.63) is 71.4 Å². The molecule has 0 saturated heterocycles. The molecule has 1 aliphatic carbocycles. The zero-order valence-corrected chi connectivity index (χ0v) is 15.9. The first-order chi connectivity index (χ1) is 14.1. The van der Waals surface area contributed by atoms with E-state index in [1.165, 1.54) is 11.6 Å². The summed E-state index contributed by atoms with van der Waals surface area (Å²) in [5.74, 6) is 1.04. The number of fused-ring (bicyclic) bond motifs is 2. The molecule has 1 aliphatic rings. The lowest BCUT2D eigenvalue weighted by Crippen LogP contribution is -2.13. The molecule has 146 valence electrons. The van der Waals surface area contributed by atoms with Crippen LogP contribution in [-0.4, -0.2) is 20.9 Å². The normalized spacial score (nSPS) is 19.6. The Morgan fingerprint density at radius 3 is 2.55 bits per heavy atom. The second-order valence-electron chi connectivity index (χ2n) is 7.83. The molecule has 29 heavy (non-hydrogen) atoms. The van der Waals surface area contributed by atoms with Crippen LogP contribution in [0.5, 0.6) is 0 Å². The van der Waals surface area contributed by atoms with Crippen LogP contribution in [0, 0.1) is 5.82 Å². The number of H-pyrrole nitrogens is 1. The molecule has 4 aromatic rings. The summed E-state index contributed by atoms with van der Waals surface area (Å²) in [6.07, 6.45) is 5.86. The number of halogens is 1. The standard InChI is InChI=1S/C23H21FN4O/c24-16-6-8-19-18(12-16)17(9-10-26-19)13-1-3-14(4-2-13)23-27-20-7-5-15(22(25)29)11-21(20)28-23/h5-14H,1-4H2,(H2,25,29)(H,27,28). The Morgan fingerprint density at radius 2 is 1.76 bits per heavy atom. The van der Waals surface area contributed by atoms with E-state index >= 15 is 0 Å². The minimum Gasteiger partial charge on any atom is -0.366 e. The van der Waals surface area contributed by atoms with Crippen molar-refractivity contribution < 1.29 is 9.18 Å². The summed E-state index contributed by atoms with van der Waals surface area (Å²) in [5.41, 5.74) is 9.57. The van der Waals surface area contributed by atoms with Crippen molar-refractivity contribution in [1.82, 2.24) is 15.0 Å². The zero-order chi connectivity index (χ0) is 20.0. The van der Waals surface area contributed by atoms with Crippen molar-refractivity contribution in [2.75, 3.05) is 0 Å². The number of amides is 1. The smallest absolute Gasteiger partial charge is 0.248 e. The molecule has 0 aliphatic heterocycles. The van der Waals surface area contributed by atoms with Gasteiger partial charge in [-0.1, -0.05) is 0 Å². The highest BCUT2D eigenvalue weighted by Crippen LogP contribution is 2.41. The Labute approximate surface area is 167 Å². The number of benzene rings is 2. The number of nitrogens with two attached hydrogens (primary N) is 1. The fourth-order valence-electron chi connectivity index (χ4n) is 4.55. The quantitative estimate of drug-likeness (QED) is 0.529. The van der Waals surface area contributed by atoms with Gasteiger partial charge >= 0.3 is 0 Å². The molecular weight excluding hydrogens is 367 g/mol. The van der Waals surface area contributed by atoms with Gasteiger partial charge < -0.3 is 10.7 Å². The predicted octanol–water partition coefficient (Wildman–Crippen LogP) is 4.79. The number of hydrogen-bond donors (Lipinski definition) is 2. The van der Waals surface area contributed by atoms with Crippen LogP contribution in [0.3, 0.4) is 0 Å². The number of nitrogens with one attached hydrogen (secondary N) is 1. The van der Waals surface area contributed by atoms with Gasteiger partial charge in [-0.3, -0.25) is 9.78 Å². The molecule has 1 fully saturated rings. The molecule has 2 aromatic carbocycles. The van der Waals surface area contributed by atoms with Crippen LogP contribution in [0.2, 0.25) is 0 Å². The van der Waals surface area contributed by atoms with Crippen LogP contribution in [0.1, 0.15) is 59.3 Å². The van der Waals surface area contributed by atoms with Gasteiger partial charge in [0.15, 0.2) is 0 Å². The van der Waals surface area contributed by atoms with Gasteiger partial charge in [0.2, 0.25) is 5.91 Å². The average Bonchev–Trinajstić information content (AvgIpc) is 3.17. The summed E-state index contributed by atoms with van der Waals surface area (Å²) in [4.78, 5) is 23.9. The van der Waals surface area contributed by atoms with Gasteiger partial charge in [-0.2, -0.15) is 0 Å². The predicted molar refractivity (Wildman–Crippen MR) is 110 cm³/mol. The molecule has 0 radical (unpaired) electrons. The Bertz CT molecular complexity index is 1220. The van der Waals surface area contributed by atoms with Crippen molar-refractivity contribution in [3.63, 3.8) is 0 Å². The van der Waals surface area contributed by atoms with Crippen LogP contribution in [0.25, 0.3) is 21.9 Å². The maximum atomic E-state index is 13.8. The lowest BCUT2D eigenvalue weighted by Gasteiger charge is -2.28. The largest absolute Gasteiger partial charge is 0.366 e. The third kappa shape index (κ3) is 3.24. The van der Waals surface area contributed by atoms with Gasteiger partial charge in [-0.15, -0.1) is 0 Å². The summed E-state index contributed by atoms with van der Waals surface area (Å²) < 4.78 is 13.8. The van der Waals surface area contributed by atoms with Gasteiger partial charge in [0, 0.05) is 23.1 Å². The fourth-order valence-corrected chi connectivity index (χ4v) is 4.55. The number of carbonyl (C=O) groups excluding carboxylic acids is 1. The Hall–Kier alpha value is -3.28. The maximum Gasteiger partial charge on any atom is 0.248 e. The van der Waals surface area contributed by atoms with Gasteiger partial charge in [0.1, 0.15) is 11.6 Å². The number of rotatable bonds is 3. The van der Waals surface area contributed by atoms with Crippen LogP contribution in [0.4, 0.5) is 4.39 Å². The SMILES string of the molecule is NC(=O)c1ccc2nc(C3CCC(c4ccnc5ccc(F)cc45)CC3)[nH]c2c1. The molecule has 2 aromatic heterocycles. The zero-order valence-electron chi connectivity index (χ0n) is 15.9. The first-order valence-electron chi connectivity index (χ1n) is 9.92. The van der Waals surface area contributed by atoms with Crippen molar-refractivity contribution in [3.8, 4) is 0 Å². The van der Waals surface area contributed by atoms with Crippen LogP contribution in [0.15, 0.2) is 48.7 Å². The number of primary amides is 1. The number of pyridine rings is 1. The summed E-state index contributed by atoms with van der Waals surface area (Å²) in [6.45, 7) is 0. The van der Waals surface area contributed by atoms with E-state index in [4.69, 9.17) is 10.7 Å². The van der Waals surface area contributed by atoms with Crippen molar-refractivity contribution >= 4 is 27.8 Å². The number of aromatic nitrogens is 3. The molecule has 3 N–H and O–H groups in total. The van der Waals surface area contributed by atoms with E-state index in [1.54, 1.807) is 24.3 Å². The van der Waals surface area contributed by atoms with Crippen molar-refractivity contribution in [2.24, 2.45) is 5.73 Å². The number of carbonyl (C=O) groups is 1. The molecule has 1 saturated carbocycles. The van der Waals surface area contributed by atoms with E-state index in [0.29, 0.717) is 17.4 Å². The summed E-state index contributed by atoms with van der Waals surface area (Å²) in [7, 11) is 0. The maximum absolute atomic E-state index is 13.8. The second-order valence-corrected chi connectivity index (χ2v) is 7.83. The van der Waals surface area contributed by atoms with Crippen LogP contribution < -0.4 is 5.73 Å². The van der Waals surface area contributed by atoms with Crippen molar-refractivity contribution in [2.45, 2.75) is 37.5 Å². The molecule has 0 spiro atoms. The first kappa shape index (κ1) is 17.8. The van der Waals surface area contributed by atoms with E-state index in [1.807, 2.05) is 18.3 Å². The Kier molecular flexibility index (Phi) is 4.27. The highest BCUT2D eigenvalue weighted by Gasteiger charge is 2.26. The molecule has 0 unspecified atom stereocenters. The summed E-state index contributed by atoms with van der Waals surface area (Å²) in [6, 6.07) is 12.1. The minimum absolute atomic E-state index is 0.224. The Morgan fingerprint density at radius 1 is 1.00 bits per heavy atom. The number of aromatic amines is 1. The van der Waals surface area contributed by atoms with Gasteiger partial charge in [0.05, 0.1) is 16.6 Å². The topological polar surface area (TPSA) is 84.7 Å². The fraction of sp³-hybridized carbons (Fsp3) is 0.261. The average molecular weight is 388 g/mol. The van der Waals surface area contributed by atoms with E-state index in [2.05, 4.69) is 9.97 Å². The third-order valence-corrected chi connectivity index (χ3v) is 6.08. The monoisotopic (exact) mass is 388 g/mol. The number of nitrogens with zero attached hydrogens (tertiary/aromatic N) is 2. The minimum atomic E-state index is -0.440. The van der Waals surface area contributed by atoms with Crippen molar-refractivity contribution in [1.29, 1.82) is 0 Å². The molecule has 2 heterocycles. The molecule has 1 amide bonds. The van der Waals surface area contributed by atoms with E-state index in [9.17, 15) is 9.18 Å². The summed E-state index contributed by atoms with van der Waals surface area (Å²) >= 11 is 0. The van der Waals surface area contributed by atoms with E-state index in [0.717, 1.165) is 53.4 Å². The molecule has 5 rings (SSSR count). The first-order valence-corrected chi connectivity index (χ1v) is 9.92. The highest BCUT2D eigenvalue weighted by molar-refractivity contribution is 5.96. The molecule has 0 atom stereocenters. The molecule has 0 bridgehead atoms. The number of imidazole rings is 1. The Balaban J connectivity index is 1.37. The third-order valence-electron chi connectivity index (χ3n) is 6.08. The lowest BCUT2D eigenvalue weighted by atomic mass is 9.77. The molecule has 5 nitrogen and oxygen atoms in total. The number of hydrogen-bond acceptors (Lipinski definition) is 3. The molecule has 6 heteroatoms. The van der Waals surface area contributed by atoms with Gasteiger partial charge in [0.25, 0.3) is 0 Å². The van der Waals surface area contributed by atoms with Gasteiger partial charge in [-0.05, 0) is 79.6 Å². The van der Waals surface area contributed by atoms with Crippen LogP contribution in [-0.2, 0) is 0 Å². The van der Waals surface area contributed by atoms with E-state index in [-0.39, 0.29) is 5.82 Å². The molecular formula is C23H21FN4O. The van der Waals surface area contributed by atoms with Gasteiger partial charge in [-0.25, -0.2) is 9.37 Å². The lowest BCUT2D eigenvalue weighted by molar-refractivity contribution is 0.100. The second kappa shape index (κ2) is 6.95.